The van der Waals surface area contributed by atoms with Gasteiger partial charge in [0, 0.05) is 19.5 Å². The number of carbonyl (C=O) groups is 2. The molecule has 1 N–H and O–H groups in total. The van der Waals surface area contributed by atoms with Crippen molar-refractivity contribution in [2.45, 2.75) is 44.6 Å². The molecule has 100 valence electrons. The summed E-state index contributed by atoms with van der Waals surface area (Å²) in [5.41, 5.74) is 0. The molecule has 2 amide bonds. The largest absolute Gasteiger partial charge is 0.344 e. The van der Waals surface area contributed by atoms with Crippen molar-refractivity contribution in [3.63, 3.8) is 0 Å². The van der Waals surface area contributed by atoms with Gasteiger partial charge in [0.05, 0.1) is 0 Å². The summed E-state index contributed by atoms with van der Waals surface area (Å²) in [6.45, 7) is 4.73. The van der Waals surface area contributed by atoms with Gasteiger partial charge in [0.2, 0.25) is 11.8 Å². The predicted molar refractivity (Wildman–Crippen MR) is 69.9 cm³/mol. The van der Waals surface area contributed by atoms with Crippen molar-refractivity contribution in [1.82, 2.24) is 10.2 Å². The van der Waals surface area contributed by atoms with E-state index in [9.17, 15) is 9.59 Å². The molecule has 0 bridgehead atoms. The number of nitrogens with zero attached hydrogens (tertiary/aromatic N) is 1. The SMILES string of the molecule is C=CCN1CCC(=O)NC(C2CCCCC2)C1=O. The zero-order valence-electron chi connectivity index (χ0n) is 10.9. The van der Waals surface area contributed by atoms with Gasteiger partial charge in [-0.05, 0) is 18.8 Å². The first-order valence-corrected chi connectivity index (χ1v) is 6.91. The minimum Gasteiger partial charge on any atom is -0.344 e. The van der Waals surface area contributed by atoms with E-state index in [2.05, 4.69) is 11.9 Å². The summed E-state index contributed by atoms with van der Waals surface area (Å²) >= 11 is 0. The topological polar surface area (TPSA) is 49.4 Å². The fourth-order valence-electron chi connectivity index (χ4n) is 2.97. The van der Waals surface area contributed by atoms with Gasteiger partial charge in [0.15, 0.2) is 0 Å². The maximum Gasteiger partial charge on any atom is 0.245 e. The number of hydrogen-bond donors (Lipinski definition) is 1. The van der Waals surface area contributed by atoms with Crippen LogP contribution in [0.1, 0.15) is 38.5 Å². The molecule has 1 atom stereocenters. The van der Waals surface area contributed by atoms with E-state index in [4.69, 9.17) is 0 Å². The van der Waals surface area contributed by atoms with Crippen LogP contribution in [0.4, 0.5) is 0 Å². The average Bonchev–Trinajstić information content (AvgIpc) is 2.53. The quantitative estimate of drug-likeness (QED) is 0.771. The van der Waals surface area contributed by atoms with Gasteiger partial charge in [-0.25, -0.2) is 0 Å². The van der Waals surface area contributed by atoms with E-state index in [1.165, 1.54) is 19.3 Å². The van der Waals surface area contributed by atoms with Crippen LogP contribution < -0.4 is 5.32 Å². The molecule has 2 aliphatic rings. The van der Waals surface area contributed by atoms with Gasteiger partial charge in [-0.15, -0.1) is 6.58 Å². The van der Waals surface area contributed by atoms with Crippen molar-refractivity contribution >= 4 is 11.8 Å². The monoisotopic (exact) mass is 250 g/mol. The summed E-state index contributed by atoms with van der Waals surface area (Å²) in [5, 5.41) is 2.92. The summed E-state index contributed by atoms with van der Waals surface area (Å²) in [6, 6.07) is -0.305. The first kappa shape index (κ1) is 13.1. The fourth-order valence-corrected chi connectivity index (χ4v) is 2.97. The van der Waals surface area contributed by atoms with Crippen LogP contribution in [-0.2, 0) is 9.59 Å². The molecule has 2 rings (SSSR count). The zero-order chi connectivity index (χ0) is 13.0. The lowest BCUT2D eigenvalue weighted by Crippen LogP contribution is -2.49. The van der Waals surface area contributed by atoms with E-state index in [0.717, 1.165) is 12.8 Å². The smallest absolute Gasteiger partial charge is 0.245 e. The van der Waals surface area contributed by atoms with Crippen LogP contribution in [-0.4, -0.2) is 35.8 Å². The van der Waals surface area contributed by atoms with Gasteiger partial charge in [-0.3, -0.25) is 9.59 Å². The highest BCUT2D eigenvalue weighted by Gasteiger charge is 2.35. The Hall–Kier alpha value is -1.32. The van der Waals surface area contributed by atoms with Crippen molar-refractivity contribution in [3.05, 3.63) is 12.7 Å². The normalized spacial score (nSPS) is 26.7. The lowest BCUT2D eigenvalue weighted by Gasteiger charge is -2.31. The standard InChI is InChI=1S/C14H22N2O2/c1-2-9-16-10-8-12(17)15-13(14(16)18)11-6-4-3-5-7-11/h2,11,13H,1,3-10H2,(H,15,17). The predicted octanol–water partition coefficient (Wildman–Crippen LogP) is 1.47. The molecule has 0 radical (unpaired) electrons. The van der Waals surface area contributed by atoms with Crippen molar-refractivity contribution in [1.29, 1.82) is 0 Å². The number of rotatable bonds is 3. The van der Waals surface area contributed by atoms with E-state index in [1.54, 1.807) is 11.0 Å². The van der Waals surface area contributed by atoms with Crippen molar-refractivity contribution in [2.24, 2.45) is 5.92 Å². The Morgan fingerprint density at radius 1 is 1.28 bits per heavy atom. The Balaban J connectivity index is 2.10. The first-order valence-electron chi connectivity index (χ1n) is 6.91. The van der Waals surface area contributed by atoms with E-state index < -0.39 is 0 Å². The Morgan fingerprint density at radius 2 is 2.00 bits per heavy atom. The summed E-state index contributed by atoms with van der Waals surface area (Å²) < 4.78 is 0. The number of carbonyl (C=O) groups excluding carboxylic acids is 2. The minimum atomic E-state index is -0.305. The highest BCUT2D eigenvalue weighted by molar-refractivity contribution is 5.90. The minimum absolute atomic E-state index is 0.00508. The molecule has 1 saturated heterocycles. The fraction of sp³-hybridized carbons (Fsp3) is 0.714. The third kappa shape index (κ3) is 2.92. The molecule has 1 aliphatic heterocycles. The second kappa shape index (κ2) is 6.03. The molecule has 4 heteroatoms. The lowest BCUT2D eigenvalue weighted by molar-refractivity contribution is -0.135. The van der Waals surface area contributed by atoms with Crippen LogP contribution in [0.5, 0.6) is 0 Å². The number of nitrogens with one attached hydrogen (secondary N) is 1. The Bertz CT molecular complexity index is 335. The first-order chi connectivity index (χ1) is 8.72. The molecular formula is C14H22N2O2. The molecular weight excluding hydrogens is 228 g/mol. The number of amides is 2. The van der Waals surface area contributed by atoms with Crippen molar-refractivity contribution in [2.75, 3.05) is 13.1 Å². The third-order valence-electron chi connectivity index (χ3n) is 3.97. The Kier molecular flexibility index (Phi) is 4.39. The van der Waals surface area contributed by atoms with Gasteiger partial charge in [-0.1, -0.05) is 25.3 Å². The second-order valence-electron chi connectivity index (χ2n) is 5.27. The Morgan fingerprint density at radius 3 is 2.67 bits per heavy atom. The molecule has 0 aromatic carbocycles. The van der Waals surface area contributed by atoms with Gasteiger partial charge in [0.1, 0.15) is 6.04 Å². The van der Waals surface area contributed by atoms with E-state index >= 15 is 0 Å². The van der Waals surface area contributed by atoms with Crippen molar-refractivity contribution < 1.29 is 9.59 Å². The molecule has 0 aromatic heterocycles. The highest BCUT2D eigenvalue weighted by atomic mass is 16.2. The van der Waals surface area contributed by atoms with Crippen LogP contribution in [0.2, 0.25) is 0 Å². The molecule has 1 heterocycles. The lowest BCUT2D eigenvalue weighted by atomic mass is 9.83. The molecule has 0 spiro atoms. The van der Waals surface area contributed by atoms with Gasteiger partial charge < -0.3 is 10.2 Å². The van der Waals surface area contributed by atoms with Crippen LogP contribution in [0.25, 0.3) is 0 Å². The summed E-state index contributed by atoms with van der Waals surface area (Å²) in [4.78, 5) is 25.9. The summed E-state index contributed by atoms with van der Waals surface area (Å²) in [6.07, 6.45) is 7.84. The van der Waals surface area contributed by atoms with E-state index in [-0.39, 0.29) is 17.9 Å². The van der Waals surface area contributed by atoms with Crippen LogP contribution in [0, 0.1) is 5.92 Å². The summed E-state index contributed by atoms with van der Waals surface area (Å²) in [7, 11) is 0. The number of hydrogen-bond acceptors (Lipinski definition) is 2. The maximum absolute atomic E-state index is 12.4. The maximum atomic E-state index is 12.4. The Labute approximate surface area is 108 Å². The van der Waals surface area contributed by atoms with Gasteiger partial charge >= 0.3 is 0 Å². The van der Waals surface area contributed by atoms with Crippen molar-refractivity contribution in [3.8, 4) is 0 Å². The van der Waals surface area contributed by atoms with Gasteiger partial charge in [-0.2, -0.15) is 0 Å². The van der Waals surface area contributed by atoms with E-state index in [0.29, 0.717) is 25.4 Å². The van der Waals surface area contributed by atoms with Gasteiger partial charge in [0.25, 0.3) is 0 Å². The highest BCUT2D eigenvalue weighted by Crippen LogP contribution is 2.28. The third-order valence-corrected chi connectivity index (χ3v) is 3.97. The van der Waals surface area contributed by atoms with Crippen LogP contribution in [0.3, 0.4) is 0 Å². The second-order valence-corrected chi connectivity index (χ2v) is 5.27. The van der Waals surface area contributed by atoms with Crippen LogP contribution in [0.15, 0.2) is 12.7 Å². The van der Waals surface area contributed by atoms with E-state index in [1.807, 2.05) is 0 Å². The molecule has 1 unspecified atom stereocenters. The molecule has 1 saturated carbocycles. The van der Waals surface area contributed by atoms with Crippen LogP contribution >= 0.6 is 0 Å². The zero-order valence-corrected chi connectivity index (χ0v) is 10.9. The average molecular weight is 250 g/mol. The molecule has 1 aliphatic carbocycles. The molecule has 4 nitrogen and oxygen atoms in total. The molecule has 0 aromatic rings. The summed E-state index contributed by atoms with van der Waals surface area (Å²) in [5.74, 6) is 0.402. The molecule has 18 heavy (non-hydrogen) atoms. The molecule has 2 fully saturated rings.